The maximum Gasteiger partial charge on any atom is 0.197 e. The van der Waals surface area contributed by atoms with Crippen LogP contribution in [0, 0.1) is 11.6 Å². The van der Waals surface area contributed by atoms with Crippen LogP contribution >= 0.6 is 0 Å². The third-order valence-corrected chi connectivity index (χ3v) is 4.59. The quantitative estimate of drug-likeness (QED) is 0.401. The maximum atomic E-state index is 14.2. The summed E-state index contributed by atoms with van der Waals surface area (Å²) in [5, 5.41) is 0.662. The molecule has 0 aliphatic carbocycles. The molecule has 0 unspecified atom stereocenters. The van der Waals surface area contributed by atoms with Crippen molar-refractivity contribution in [1.82, 2.24) is 9.97 Å². The molecular formula is C22H15F2N3O. The summed E-state index contributed by atoms with van der Waals surface area (Å²) < 4.78 is 27.8. The average molecular weight is 375 g/mol. The number of hydrogen-bond donors (Lipinski definition) is 2. The molecule has 0 atom stereocenters. The number of nitrogens with zero attached hydrogens (tertiary/aromatic N) is 1. The Bertz CT molecular complexity index is 1210. The molecule has 0 bridgehead atoms. The summed E-state index contributed by atoms with van der Waals surface area (Å²) in [5.74, 6) is -2.64. The summed E-state index contributed by atoms with van der Waals surface area (Å²) in [7, 11) is 0. The fraction of sp³-hybridized carbons (Fsp3) is 0. The molecule has 2 heterocycles. The number of carbonyl (C=O) groups excluding carboxylic acids is 1. The highest BCUT2D eigenvalue weighted by molar-refractivity contribution is 6.32. The molecule has 138 valence electrons. The minimum absolute atomic E-state index is 0.104. The number of allylic oxidation sites excluding steroid dienone is 1. The van der Waals surface area contributed by atoms with Crippen molar-refractivity contribution >= 4 is 22.3 Å². The van der Waals surface area contributed by atoms with Crippen LogP contribution in [0.3, 0.4) is 0 Å². The lowest BCUT2D eigenvalue weighted by Gasteiger charge is -2.08. The molecule has 28 heavy (non-hydrogen) atoms. The van der Waals surface area contributed by atoms with Gasteiger partial charge in [0.1, 0.15) is 0 Å². The van der Waals surface area contributed by atoms with E-state index in [1.54, 1.807) is 18.6 Å². The Hall–Kier alpha value is -3.80. The lowest BCUT2D eigenvalue weighted by Crippen LogP contribution is -2.07. The van der Waals surface area contributed by atoms with E-state index in [0.717, 1.165) is 28.9 Å². The fourth-order valence-electron chi connectivity index (χ4n) is 3.18. The van der Waals surface area contributed by atoms with Gasteiger partial charge in [-0.1, -0.05) is 18.2 Å². The number of rotatable bonds is 4. The molecule has 0 aliphatic rings. The van der Waals surface area contributed by atoms with Crippen molar-refractivity contribution in [3.8, 4) is 11.1 Å². The lowest BCUT2D eigenvalue weighted by atomic mass is 9.95. The van der Waals surface area contributed by atoms with Crippen LogP contribution in [0.15, 0.2) is 73.3 Å². The lowest BCUT2D eigenvalue weighted by molar-refractivity contribution is 0.105. The minimum Gasteiger partial charge on any atom is -0.404 e. The van der Waals surface area contributed by atoms with Crippen LogP contribution in [0.4, 0.5) is 8.78 Å². The summed E-state index contributed by atoms with van der Waals surface area (Å²) in [6.07, 6.45) is 5.92. The highest BCUT2D eigenvalue weighted by Gasteiger charge is 2.22. The van der Waals surface area contributed by atoms with E-state index in [1.807, 2.05) is 30.3 Å². The number of ketones is 1. The topological polar surface area (TPSA) is 71.8 Å². The van der Waals surface area contributed by atoms with Crippen LogP contribution < -0.4 is 5.73 Å². The van der Waals surface area contributed by atoms with Gasteiger partial charge in [0.05, 0.1) is 0 Å². The van der Waals surface area contributed by atoms with E-state index in [1.165, 1.54) is 12.1 Å². The van der Waals surface area contributed by atoms with Crippen molar-refractivity contribution in [2.75, 3.05) is 0 Å². The first-order valence-electron chi connectivity index (χ1n) is 8.52. The Kier molecular flexibility index (Phi) is 4.45. The molecule has 0 amide bonds. The first-order chi connectivity index (χ1) is 13.6. The van der Waals surface area contributed by atoms with Crippen molar-refractivity contribution in [2.24, 2.45) is 5.73 Å². The molecule has 4 rings (SSSR count). The van der Waals surface area contributed by atoms with Crippen molar-refractivity contribution < 1.29 is 13.6 Å². The predicted octanol–water partition coefficient (Wildman–Crippen LogP) is 4.69. The number of pyridine rings is 1. The maximum absolute atomic E-state index is 14.2. The highest BCUT2D eigenvalue weighted by atomic mass is 19.2. The van der Waals surface area contributed by atoms with Crippen LogP contribution in [0.25, 0.3) is 27.6 Å². The molecule has 0 saturated carbocycles. The monoisotopic (exact) mass is 375 g/mol. The number of H-pyrrole nitrogens is 1. The van der Waals surface area contributed by atoms with Gasteiger partial charge in [-0.15, -0.1) is 0 Å². The third kappa shape index (κ3) is 2.95. The Balaban J connectivity index is 1.82. The summed E-state index contributed by atoms with van der Waals surface area (Å²) in [5.41, 5.74) is 8.25. The van der Waals surface area contributed by atoms with Crippen LogP contribution in [0.5, 0.6) is 0 Å². The van der Waals surface area contributed by atoms with Crippen LogP contribution in [-0.2, 0) is 0 Å². The van der Waals surface area contributed by atoms with Gasteiger partial charge in [-0.2, -0.15) is 0 Å². The number of nitrogens with two attached hydrogens (primary N) is 1. The molecule has 6 heteroatoms. The number of benzene rings is 2. The smallest absolute Gasteiger partial charge is 0.197 e. The van der Waals surface area contributed by atoms with Crippen LogP contribution in [0.1, 0.15) is 15.9 Å². The Morgan fingerprint density at radius 3 is 2.54 bits per heavy atom. The van der Waals surface area contributed by atoms with E-state index in [9.17, 15) is 13.6 Å². The zero-order valence-electron chi connectivity index (χ0n) is 14.6. The second-order valence-corrected chi connectivity index (χ2v) is 6.21. The predicted molar refractivity (Wildman–Crippen MR) is 104 cm³/mol. The van der Waals surface area contributed by atoms with Gasteiger partial charge >= 0.3 is 0 Å². The van der Waals surface area contributed by atoms with Gasteiger partial charge in [0, 0.05) is 52.4 Å². The van der Waals surface area contributed by atoms with Gasteiger partial charge in [0.25, 0.3) is 0 Å². The minimum atomic E-state index is -1.11. The number of nitrogens with one attached hydrogen (secondary N) is 1. The van der Waals surface area contributed by atoms with E-state index < -0.39 is 17.4 Å². The van der Waals surface area contributed by atoms with Crippen molar-refractivity contribution in [2.45, 2.75) is 0 Å². The molecule has 0 saturated heterocycles. The number of aromatic amines is 1. The molecular weight excluding hydrogens is 360 g/mol. The second kappa shape index (κ2) is 7.08. The number of carbonyl (C=O) groups is 1. The molecule has 0 aliphatic heterocycles. The van der Waals surface area contributed by atoms with E-state index in [-0.39, 0.29) is 11.1 Å². The van der Waals surface area contributed by atoms with Gasteiger partial charge in [0.15, 0.2) is 17.4 Å². The summed E-state index contributed by atoms with van der Waals surface area (Å²) in [4.78, 5) is 20.1. The fourth-order valence-corrected chi connectivity index (χ4v) is 3.18. The van der Waals surface area contributed by atoms with E-state index in [0.29, 0.717) is 10.9 Å². The Labute approximate surface area is 159 Å². The van der Waals surface area contributed by atoms with Crippen LogP contribution in [0.2, 0.25) is 0 Å². The average Bonchev–Trinajstić information content (AvgIpc) is 3.15. The molecule has 3 N–H and O–H groups in total. The largest absolute Gasteiger partial charge is 0.404 e. The first-order valence-corrected chi connectivity index (χ1v) is 8.52. The molecule has 0 radical (unpaired) electrons. The number of fused-ring (bicyclic) bond motifs is 1. The zero-order valence-corrected chi connectivity index (χ0v) is 14.6. The van der Waals surface area contributed by atoms with E-state index in [4.69, 9.17) is 5.73 Å². The van der Waals surface area contributed by atoms with Gasteiger partial charge in [-0.3, -0.25) is 9.78 Å². The zero-order chi connectivity index (χ0) is 19.7. The number of Topliss-reactive ketones (excluding diaryl/α,β-unsaturated/α-hetero) is 1. The first kappa shape index (κ1) is 17.6. The number of aromatic nitrogens is 2. The van der Waals surface area contributed by atoms with E-state index in [2.05, 4.69) is 9.97 Å². The van der Waals surface area contributed by atoms with Gasteiger partial charge in [-0.05, 0) is 41.5 Å². The normalized spacial score (nSPS) is 11.7. The molecule has 0 spiro atoms. The SMILES string of the molecule is NC=C(C(=O)c1c[nH]c2ccc(-c3ccncc3)cc12)c1cccc(F)c1F. The molecule has 2 aromatic heterocycles. The van der Waals surface area contributed by atoms with Crippen molar-refractivity contribution in [3.63, 3.8) is 0 Å². The molecule has 4 aromatic rings. The summed E-state index contributed by atoms with van der Waals surface area (Å²) in [6, 6.07) is 13.0. The van der Waals surface area contributed by atoms with E-state index >= 15 is 0 Å². The Morgan fingerprint density at radius 1 is 1.00 bits per heavy atom. The Morgan fingerprint density at radius 2 is 1.79 bits per heavy atom. The van der Waals surface area contributed by atoms with Crippen molar-refractivity contribution in [3.05, 3.63) is 96.1 Å². The standard InChI is InChI=1S/C22H15F2N3O/c23-19-3-1-2-15(21(19)24)17(11-25)22(28)18-12-27-20-5-4-14(10-16(18)20)13-6-8-26-9-7-13/h1-12,27H,25H2. The van der Waals surface area contributed by atoms with Crippen molar-refractivity contribution in [1.29, 1.82) is 0 Å². The second-order valence-electron chi connectivity index (χ2n) is 6.21. The third-order valence-electron chi connectivity index (χ3n) is 4.59. The molecule has 2 aromatic carbocycles. The highest BCUT2D eigenvalue weighted by Crippen LogP contribution is 2.30. The molecule has 4 nitrogen and oxygen atoms in total. The van der Waals surface area contributed by atoms with Gasteiger partial charge in [0.2, 0.25) is 0 Å². The number of halogens is 2. The molecule has 0 fully saturated rings. The number of hydrogen-bond acceptors (Lipinski definition) is 3. The summed E-state index contributed by atoms with van der Waals surface area (Å²) >= 11 is 0. The van der Waals surface area contributed by atoms with Crippen LogP contribution in [-0.4, -0.2) is 15.8 Å². The summed E-state index contributed by atoms with van der Waals surface area (Å²) in [6.45, 7) is 0. The van der Waals surface area contributed by atoms with Gasteiger partial charge in [-0.25, -0.2) is 8.78 Å². The van der Waals surface area contributed by atoms with Gasteiger partial charge < -0.3 is 10.7 Å².